The van der Waals surface area contributed by atoms with Gasteiger partial charge in [-0.3, -0.25) is 0 Å². The first-order chi connectivity index (χ1) is 6.27. The maximum atomic E-state index is 9.78. The molecule has 0 aromatic heterocycles. The normalized spacial score (nSPS) is 21.5. The summed E-state index contributed by atoms with van der Waals surface area (Å²) < 4.78 is 1.05. The second kappa shape index (κ2) is 3.68. The largest absolute Gasteiger partial charge is 0.388 e. The maximum Gasteiger partial charge on any atom is 0.0810 e. The highest BCUT2D eigenvalue weighted by Gasteiger charge is 2.15. The number of aliphatic hydroxyl groups is 1. The van der Waals surface area contributed by atoms with Gasteiger partial charge in [-0.2, -0.15) is 0 Å². The molecular formula is C10H12BrNO. The molecule has 0 bridgehead atoms. The molecule has 1 heterocycles. The van der Waals surface area contributed by atoms with Crippen molar-refractivity contribution in [2.24, 2.45) is 0 Å². The number of anilines is 1. The zero-order chi connectivity index (χ0) is 9.26. The van der Waals surface area contributed by atoms with Crippen LogP contribution in [0.1, 0.15) is 24.5 Å². The molecule has 1 aromatic rings. The van der Waals surface area contributed by atoms with E-state index in [2.05, 4.69) is 21.2 Å². The Balaban J connectivity index is 2.42. The zero-order valence-corrected chi connectivity index (χ0v) is 8.84. The maximum absolute atomic E-state index is 9.78. The SMILES string of the molecule is OC1CCCNc2cc(Br)ccc21. The van der Waals surface area contributed by atoms with Gasteiger partial charge in [-0.1, -0.05) is 22.0 Å². The zero-order valence-electron chi connectivity index (χ0n) is 7.26. The summed E-state index contributed by atoms with van der Waals surface area (Å²) in [4.78, 5) is 0. The highest BCUT2D eigenvalue weighted by Crippen LogP contribution is 2.31. The molecule has 2 nitrogen and oxygen atoms in total. The smallest absolute Gasteiger partial charge is 0.0810 e. The van der Waals surface area contributed by atoms with Gasteiger partial charge in [0.25, 0.3) is 0 Å². The van der Waals surface area contributed by atoms with E-state index in [1.165, 1.54) is 0 Å². The average molecular weight is 242 g/mol. The molecule has 2 N–H and O–H groups in total. The number of aliphatic hydroxyl groups excluding tert-OH is 1. The van der Waals surface area contributed by atoms with Crippen LogP contribution in [0.4, 0.5) is 5.69 Å². The minimum absolute atomic E-state index is 0.307. The second-order valence-electron chi connectivity index (χ2n) is 3.32. The molecule has 1 aliphatic rings. The second-order valence-corrected chi connectivity index (χ2v) is 4.23. The van der Waals surface area contributed by atoms with E-state index in [4.69, 9.17) is 0 Å². The topological polar surface area (TPSA) is 32.3 Å². The molecule has 0 saturated heterocycles. The van der Waals surface area contributed by atoms with Gasteiger partial charge >= 0.3 is 0 Å². The van der Waals surface area contributed by atoms with Crippen molar-refractivity contribution in [1.29, 1.82) is 0 Å². The minimum atomic E-state index is -0.307. The molecule has 1 unspecified atom stereocenters. The standard InChI is InChI=1S/C10H12BrNO/c11-7-3-4-8-9(6-7)12-5-1-2-10(8)13/h3-4,6,10,12-13H,1-2,5H2. The van der Waals surface area contributed by atoms with Gasteiger partial charge in [-0.05, 0) is 25.0 Å². The van der Waals surface area contributed by atoms with Crippen LogP contribution < -0.4 is 5.32 Å². The Morgan fingerprint density at radius 1 is 1.46 bits per heavy atom. The fourth-order valence-electron chi connectivity index (χ4n) is 1.65. The Morgan fingerprint density at radius 2 is 2.31 bits per heavy atom. The van der Waals surface area contributed by atoms with E-state index in [1.54, 1.807) is 0 Å². The number of hydrogen-bond donors (Lipinski definition) is 2. The third-order valence-corrected chi connectivity index (χ3v) is 2.84. The Morgan fingerprint density at radius 3 is 3.15 bits per heavy atom. The van der Waals surface area contributed by atoms with Crippen LogP contribution in [0.15, 0.2) is 22.7 Å². The predicted molar refractivity (Wildman–Crippen MR) is 56.8 cm³/mol. The van der Waals surface area contributed by atoms with E-state index in [0.29, 0.717) is 0 Å². The van der Waals surface area contributed by atoms with Crippen molar-refractivity contribution < 1.29 is 5.11 Å². The number of hydrogen-bond acceptors (Lipinski definition) is 2. The van der Waals surface area contributed by atoms with E-state index in [9.17, 15) is 5.11 Å². The Bertz CT molecular complexity index is 314. The van der Waals surface area contributed by atoms with Gasteiger partial charge in [0.15, 0.2) is 0 Å². The third kappa shape index (κ3) is 1.86. The van der Waals surface area contributed by atoms with Crippen molar-refractivity contribution >= 4 is 21.6 Å². The van der Waals surface area contributed by atoms with Crippen LogP contribution in [-0.4, -0.2) is 11.7 Å². The molecule has 1 atom stereocenters. The van der Waals surface area contributed by atoms with Gasteiger partial charge < -0.3 is 10.4 Å². The van der Waals surface area contributed by atoms with Crippen molar-refractivity contribution in [2.45, 2.75) is 18.9 Å². The summed E-state index contributed by atoms with van der Waals surface area (Å²) in [6.07, 6.45) is 1.56. The lowest BCUT2D eigenvalue weighted by Crippen LogP contribution is -1.99. The number of benzene rings is 1. The molecule has 2 rings (SSSR count). The summed E-state index contributed by atoms with van der Waals surface area (Å²) in [5.74, 6) is 0. The van der Waals surface area contributed by atoms with Crippen molar-refractivity contribution in [3.8, 4) is 0 Å². The summed E-state index contributed by atoms with van der Waals surface area (Å²) in [6.45, 7) is 0.945. The molecule has 1 aliphatic heterocycles. The van der Waals surface area contributed by atoms with Crippen LogP contribution in [0, 0.1) is 0 Å². The van der Waals surface area contributed by atoms with Gasteiger partial charge in [0.1, 0.15) is 0 Å². The van der Waals surface area contributed by atoms with Crippen LogP contribution in [0.5, 0.6) is 0 Å². The van der Waals surface area contributed by atoms with Crippen LogP contribution in [0.2, 0.25) is 0 Å². The molecule has 0 amide bonds. The monoisotopic (exact) mass is 241 g/mol. The first-order valence-corrected chi connectivity index (χ1v) is 5.28. The Labute approximate surface area is 86.1 Å². The summed E-state index contributed by atoms with van der Waals surface area (Å²) in [7, 11) is 0. The molecule has 0 aliphatic carbocycles. The molecular weight excluding hydrogens is 230 g/mol. The first kappa shape index (κ1) is 9.03. The van der Waals surface area contributed by atoms with E-state index in [0.717, 1.165) is 35.1 Å². The molecule has 1 aromatic carbocycles. The number of fused-ring (bicyclic) bond motifs is 1. The summed E-state index contributed by atoms with van der Waals surface area (Å²) >= 11 is 3.41. The molecule has 0 spiro atoms. The van der Waals surface area contributed by atoms with E-state index in [-0.39, 0.29) is 6.10 Å². The van der Waals surface area contributed by atoms with Crippen LogP contribution in [0.3, 0.4) is 0 Å². The summed E-state index contributed by atoms with van der Waals surface area (Å²) in [5, 5.41) is 13.1. The fourth-order valence-corrected chi connectivity index (χ4v) is 2.01. The van der Waals surface area contributed by atoms with Gasteiger partial charge in [0, 0.05) is 22.3 Å². The number of nitrogens with one attached hydrogen (secondary N) is 1. The van der Waals surface area contributed by atoms with Gasteiger partial charge in [0.05, 0.1) is 6.10 Å². The molecule has 0 saturated carbocycles. The van der Waals surface area contributed by atoms with Gasteiger partial charge in [-0.25, -0.2) is 0 Å². The van der Waals surface area contributed by atoms with Crippen molar-refractivity contribution in [2.75, 3.05) is 11.9 Å². The third-order valence-electron chi connectivity index (χ3n) is 2.34. The van der Waals surface area contributed by atoms with Crippen LogP contribution in [0.25, 0.3) is 0 Å². The molecule has 3 heteroatoms. The highest BCUT2D eigenvalue weighted by atomic mass is 79.9. The lowest BCUT2D eigenvalue weighted by atomic mass is 10.1. The Kier molecular flexibility index (Phi) is 2.56. The van der Waals surface area contributed by atoms with E-state index >= 15 is 0 Å². The molecule has 0 radical (unpaired) electrons. The first-order valence-electron chi connectivity index (χ1n) is 4.49. The molecule has 70 valence electrons. The van der Waals surface area contributed by atoms with Crippen molar-refractivity contribution in [3.63, 3.8) is 0 Å². The predicted octanol–water partition coefficient (Wildman–Crippen LogP) is 2.69. The quantitative estimate of drug-likeness (QED) is 0.733. The molecule has 0 fully saturated rings. The van der Waals surface area contributed by atoms with E-state index in [1.807, 2.05) is 18.2 Å². The highest BCUT2D eigenvalue weighted by molar-refractivity contribution is 9.10. The fraction of sp³-hybridized carbons (Fsp3) is 0.400. The summed E-state index contributed by atoms with van der Waals surface area (Å²) in [6, 6.07) is 5.96. The van der Waals surface area contributed by atoms with Crippen LogP contribution in [-0.2, 0) is 0 Å². The van der Waals surface area contributed by atoms with E-state index < -0.39 is 0 Å². The number of rotatable bonds is 0. The lowest BCUT2D eigenvalue weighted by Gasteiger charge is -2.11. The van der Waals surface area contributed by atoms with Crippen molar-refractivity contribution in [1.82, 2.24) is 0 Å². The summed E-state index contributed by atoms with van der Waals surface area (Å²) in [5.41, 5.74) is 2.07. The van der Waals surface area contributed by atoms with Crippen LogP contribution >= 0.6 is 15.9 Å². The van der Waals surface area contributed by atoms with Gasteiger partial charge in [0.2, 0.25) is 0 Å². The molecule has 13 heavy (non-hydrogen) atoms. The minimum Gasteiger partial charge on any atom is -0.388 e. The Hall–Kier alpha value is -0.540. The lowest BCUT2D eigenvalue weighted by molar-refractivity contribution is 0.168. The number of halogens is 1. The van der Waals surface area contributed by atoms with Crippen molar-refractivity contribution in [3.05, 3.63) is 28.2 Å². The van der Waals surface area contributed by atoms with Gasteiger partial charge in [-0.15, -0.1) is 0 Å². The average Bonchev–Trinajstić information content (AvgIpc) is 2.28.